The first-order chi connectivity index (χ1) is 7.38. The SMILES string of the molecule is Cl.Cn1nc(C(F)(F)F)cc1-c1ccc(N)s1. The molecule has 0 spiro atoms. The standard InChI is InChI=1S/C9H8F3N3S.ClH/c1-15-5(6-2-3-8(13)16-6)4-7(14-15)9(10,11)12;/h2-4H,13H2,1H3;1H. The molecule has 8 heteroatoms. The Bertz CT molecular complexity index is 518. The molecule has 0 amide bonds. The Morgan fingerprint density at radius 2 is 2.00 bits per heavy atom. The number of nitrogen functional groups attached to an aromatic ring is 1. The van der Waals surface area contributed by atoms with E-state index in [9.17, 15) is 13.2 Å². The molecule has 3 nitrogen and oxygen atoms in total. The second-order valence-corrected chi connectivity index (χ2v) is 4.35. The highest BCUT2D eigenvalue weighted by molar-refractivity contribution is 7.19. The lowest BCUT2D eigenvalue weighted by Gasteiger charge is -1.98. The van der Waals surface area contributed by atoms with Crippen LogP contribution in [0.15, 0.2) is 18.2 Å². The number of aryl methyl sites for hydroxylation is 1. The van der Waals surface area contributed by atoms with Gasteiger partial charge in [0.1, 0.15) is 0 Å². The minimum atomic E-state index is -4.42. The number of anilines is 1. The minimum Gasteiger partial charge on any atom is -0.391 e. The lowest BCUT2D eigenvalue weighted by atomic mass is 10.3. The number of halogens is 4. The molecule has 0 aliphatic carbocycles. The zero-order valence-electron chi connectivity index (χ0n) is 8.65. The van der Waals surface area contributed by atoms with Gasteiger partial charge in [-0.2, -0.15) is 18.3 Å². The fraction of sp³-hybridized carbons (Fsp3) is 0.222. The molecule has 17 heavy (non-hydrogen) atoms. The molecule has 0 unspecified atom stereocenters. The van der Waals surface area contributed by atoms with Gasteiger partial charge in [-0.15, -0.1) is 23.7 Å². The third kappa shape index (κ3) is 2.73. The Labute approximate surface area is 105 Å². The van der Waals surface area contributed by atoms with E-state index in [0.29, 0.717) is 15.6 Å². The Hall–Kier alpha value is -1.21. The molecule has 0 atom stereocenters. The molecule has 0 aromatic carbocycles. The van der Waals surface area contributed by atoms with E-state index >= 15 is 0 Å². The van der Waals surface area contributed by atoms with E-state index in [2.05, 4.69) is 5.10 Å². The molecule has 0 radical (unpaired) electrons. The van der Waals surface area contributed by atoms with Gasteiger partial charge in [0.05, 0.1) is 15.6 Å². The fourth-order valence-corrected chi connectivity index (χ4v) is 2.15. The molecule has 0 saturated heterocycles. The number of rotatable bonds is 1. The fourth-order valence-electron chi connectivity index (χ4n) is 1.33. The zero-order valence-corrected chi connectivity index (χ0v) is 10.3. The van der Waals surface area contributed by atoms with E-state index < -0.39 is 11.9 Å². The van der Waals surface area contributed by atoms with E-state index in [0.717, 1.165) is 6.07 Å². The van der Waals surface area contributed by atoms with Crippen molar-refractivity contribution in [2.75, 3.05) is 5.73 Å². The second-order valence-electron chi connectivity index (χ2n) is 3.24. The van der Waals surface area contributed by atoms with Gasteiger partial charge >= 0.3 is 6.18 Å². The summed E-state index contributed by atoms with van der Waals surface area (Å²) >= 11 is 1.23. The van der Waals surface area contributed by atoms with Crippen molar-refractivity contribution in [3.05, 3.63) is 23.9 Å². The van der Waals surface area contributed by atoms with Crippen LogP contribution in [0.4, 0.5) is 18.2 Å². The third-order valence-corrected chi connectivity index (χ3v) is 2.99. The average molecular weight is 284 g/mol. The van der Waals surface area contributed by atoms with Gasteiger partial charge in [-0.1, -0.05) is 0 Å². The molecule has 0 saturated carbocycles. The van der Waals surface area contributed by atoms with Crippen LogP contribution >= 0.6 is 23.7 Å². The predicted molar refractivity (Wildman–Crippen MR) is 63.2 cm³/mol. The molecule has 0 aliphatic heterocycles. The molecule has 2 aromatic rings. The Morgan fingerprint density at radius 1 is 1.35 bits per heavy atom. The molecule has 94 valence electrons. The van der Waals surface area contributed by atoms with Crippen LogP contribution in [0.3, 0.4) is 0 Å². The third-order valence-electron chi connectivity index (χ3n) is 2.05. The van der Waals surface area contributed by atoms with Crippen LogP contribution in [0.25, 0.3) is 10.6 Å². The smallest absolute Gasteiger partial charge is 0.391 e. The highest BCUT2D eigenvalue weighted by Crippen LogP contribution is 2.34. The number of nitrogens with zero attached hydrogens (tertiary/aromatic N) is 2. The maximum Gasteiger partial charge on any atom is 0.435 e. The summed E-state index contributed by atoms with van der Waals surface area (Å²) in [5.41, 5.74) is 5.04. The van der Waals surface area contributed by atoms with Crippen molar-refractivity contribution < 1.29 is 13.2 Å². The normalized spacial score (nSPS) is 11.3. The lowest BCUT2D eigenvalue weighted by molar-refractivity contribution is -0.141. The Kier molecular flexibility index (Phi) is 3.73. The van der Waals surface area contributed by atoms with E-state index in [1.165, 1.54) is 23.1 Å². The average Bonchev–Trinajstić information content (AvgIpc) is 2.70. The van der Waals surface area contributed by atoms with E-state index in [4.69, 9.17) is 5.73 Å². The van der Waals surface area contributed by atoms with Gasteiger partial charge in [-0.25, -0.2) is 0 Å². The molecular weight excluding hydrogens is 275 g/mol. The second kappa shape index (κ2) is 4.58. The number of hydrogen-bond donors (Lipinski definition) is 1. The van der Waals surface area contributed by atoms with Crippen LogP contribution in [0.2, 0.25) is 0 Å². The predicted octanol–water partition coefficient (Wildman–Crippen LogP) is 3.17. The maximum atomic E-state index is 12.4. The minimum absolute atomic E-state index is 0. The summed E-state index contributed by atoms with van der Waals surface area (Å²) in [4.78, 5) is 0.669. The van der Waals surface area contributed by atoms with Crippen molar-refractivity contribution in [3.8, 4) is 10.6 Å². The molecule has 0 bridgehead atoms. The summed E-state index contributed by atoms with van der Waals surface area (Å²) in [6.07, 6.45) is -4.42. The van der Waals surface area contributed by atoms with Crippen LogP contribution in [0, 0.1) is 0 Å². The van der Waals surface area contributed by atoms with Crippen LogP contribution in [0.5, 0.6) is 0 Å². The van der Waals surface area contributed by atoms with E-state index in [1.54, 1.807) is 12.1 Å². The van der Waals surface area contributed by atoms with Crippen LogP contribution < -0.4 is 5.73 Å². The number of thiophene rings is 1. The molecule has 0 fully saturated rings. The highest BCUT2D eigenvalue weighted by atomic mass is 35.5. The summed E-state index contributed by atoms with van der Waals surface area (Å²) in [5, 5.41) is 3.99. The van der Waals surface area contributed by atoms with Crippen molar-refractivity contribution in [1.29, 1.82) is 0 Å². The molecular formula is C9H9ClF3N3S. The van der Waals surface area contributed by atoms with Crippen molar-refractivity contribution >= 4 is 28.7 Å². The van der Waals surface area contributed by atoms with Gasteiger partial charge in [-0.3, -0.25) is 4.68 Å². The van der Waals surface area contributed by atoms with Crippen LogP contribution in [0.1, 0.15) is 5.69 Å². The molecule has 0 aliphatic rings. The monoisotopic (exact) mass is 283 g/mol. The van der Waals surface area contributed by atoms with Crippen molar-refractivity contribution in [1.82, 2.24) is 9.78 Å². The zero-order chi connectivity index (χ0) is 11.9. The van der Waals surface area contributed by atoms with Crippen molar-refractivity contribution in [2.24, 2.45) is 7.05 Å². The van der Waals surface area contributed by atoms with Gasteiger partial charge in [0.15, 0.2) is 5.69 Å². The quantitative estimate of drug-likeness (QED) is 0.873. The Balaban J connectivity index is 0.00000144. The first-order valence-corrected chi connectivity index (χ1v) is 5.16. The summed E-state index contributed by atoms with van der Waals surface area (Å²) in [6, 6.07) is 4.35. The van der Waals surface area contributed by atoms with Crippen molar-refractivity contribution in [2.45, 2.75) is 6.18 Å². The summed E-state index contributed by atoms with van der Waals surface area (Å²) in [7, 11) is 1.47. The van der Waals surface area contributed by atoms with Crippen LogP contribution in [-0.2, 0) is 13.2 Å². The topological polar surface area (TPSA) is 43.8 Å². The first kappa shape index (κ1) is 13.9. The number of hydrogen-bond acceptors (Lipinski definition) is 3. The summed E-state index contributed by atoms with van der Waals surface area (Å²) in [6.45, 7) is 0. The molecule has 2 N–H and O–H groups in total. The largest absolute Gasteiger partial charge is 0.435 e. The van der Waals surface area contributed by atoms with E-state index in [-0.39, 0.29) is 12.4 Å². The van der Waals surface area contributed by atoms with Gasteiger partial charge in [0.25, 0.3) is 0 Å². The molecule has 2 rings (SSSR count). The molecule has 2 aromatic heterocycles. The van der Waals surface area contributed by atoms with E-state index in [1.807, 2.05) is 0 Å². The van der Waals surface area contributed by atoms with Gasteiger partial charge < -0.3 is 5.73 Å². The van der Waals surface area contributed by atoms with Gasteiger partial charge in [0, 0.05) is 7.05 Å². The maximum absolute atomic E-state index is 12.4. The van der Waals surface area contributed by atoms with Gasteiger partial charge in [0.2, 0.25) is 0 Å². The lowest BCUT2D eigenvalue weighted by Crippen LogP contribution is -2.06. The number of nitrogens with two attached hydrogens (primary N) is 1. The first-order valence-electron chi connectivity index (χ1n) is 4.35. The summed E-state index contributed by atoms with van der Waals surface area (Å²) in [5.74, 6) is 0. The Morgan fingerprint density at radius 3 is 2.41 bits per heavy atom. The highest BCUT2D eigenvalue weighted by Gasteiger charge is 2.34. The molecule has 2 heterocycles. The van der Waals surface area contributed by atoms with Gasteiger partial charge in [-0.05, 0) is 18.2 Å². The van der Waals surface area contributed by atoms with Crippen LogP contribution in [-0.4, -0.2) is 9.78 Å². The number of aromatic nitrogens is 2. The van der Waals surface area contributed by atoms with Crippen molar-refractivity contribution in [3.63, 3.8) is 0 Å². The summed E-state index contributed by atoms with van der Waals surface area (Å²) < 4.78 is 38.4. The number of alkyl halides is 3.